The first kappa shape index (κ1) is 22.5. The largest absolute Gasteiger partial charge is 0.365 e. The van der Waals surface area contributed by atoms with Gasteiger partial charge in [0, 0.05) is 43.1 Å². The van der Waals surface area contributed by atoms with Crippen LogP contribution in [0.4, 0.5) is 11.4 Å². The maximum absolute atomic E-state index is 13.2. The standard InChI is InChI=1S/C27H28N4O2S/c1-19-5-3-6-23(15-19)30-14-13-29(16-20(30)2)27(33)22-10-8-21(9-11-22)17-31-24-7-4-12-28-26(24)34-18-25(31)32/h3-12,15,20H,13-14,16-18H2,1-2H3. The minimum absolute atomic E-state index is 0.0577. The van der Waals surface area contributed by atoms with Crippen LogP contribution in [0.25, 0.3) is 0 Å². The summed E-state index contributed by atoms with van der Waals surface area (Å²) in [4.78, 5) is 36.2. The van der Waals surface area contributed by atoms with E-state index in [-0.39, 0.29) is 17.9 Å². The van der Waals surface area contributed by atoms with Gasteiger partial charge in [-0.25, -0.2) is 4.98 Å². The number of carbonyl (C=O) groups is 2. The Morgan fingerprint density at radius 1 is 1.09 bits per heavy atom. The van der Waals surface area contributed by atoms with Crippen LogP contribution in [0.15, 0.2) is 71.9 Å². The molecule has 1 atom stereocenters. The number of nitrogens with zero attached hydrogens (tertiary/aromatic N) is 4. The maximum Gasteiger partial charge on any atom is 0.253 e. The van der Waals surface area contributed by atoms with Crippen molar-refractivity contribution in [1.29, 1.82) is 0 Å². The van der Waals surface area contributed by atoms with Gasteiger partial charge in [0.2, 0.25) is 5.91 Å². The molecule has 0 bridgehead atoms. The molecule has 1 fully saturated rings. The molecule has 0 saturated carbocycles. The fourth-order valence-corrected chi connectivity index (χ4v) is 5.54. The van der Waals surface area contributed by atoms with Crippen molar-refractivity contribution in [2.45, 2.75) is 31.5 Å². The Morgan fingerprint density at radius 2 is 1.91 bits per heavy atom. The van der Waals surface area contributed by atoms with Gasteiger partial charge in [-0.3, -0.25) is 9.59 Å². The van der Waals surface area contributed by atoms with Crippen molar-refractivity contribution >= 4 is 35.0 Å². The minimum Gasteiger partial charge on any atom is -0.365 e. The first-order valence-electron chi connectivity index (χ1n) is 11.6. The fourth-order valence-electron chi connectivity index (χ4n) is 4.66. The fraction of sp³-hybridized carbons (Fsp3) is 0.296. The molecule has 3 heterocycles. The van der Waals surface area contributed by atoms with E-state index in [9.17, 15) is 9.59 Å². The van der Waals surface area contributed by atoms with E-state index in [1.807, 2.05) is 41.3 Å². The van der Waals surface area contributed by atoms with Crippen molar-refractivity contribution in [2.75, 3.05) is 35.2 Å². The number of thioether (sulfide) groups is 1. The Kier molecular flexibility index (Phi) is 6.28. The van der Waals surface area contributed by atoms with Gasteiger partial charge in [-0.2, -0.15) is 0 Å². The average Bonchev–Trinajstić information content (AvgIpc) is 2.86. The van der Waals surface area contributed by atoms with Crippen molar-refractivity contribution in [2.24, 2.45) is 0 Å². The molecule has 2 aliphatic heterocycles. The van der Waals surface area contributed by atoms with Crippen molar-refractivity contribution < 1.29 is 9.59 Å². The number of aromatic nitrogens is 1. The van der Waals surface area contributed by atoms with Gasteiger partial charge in [0.1, 0.15) is 5.03 Å². The first-order chi connectivity index (χ1) is 16.5. The monoisotopic (exact) mass is 472 g/mol. The molecule has 6 nitrogen and oxygen atoms in total. The molecule has 3 aromatic rings. The van der Waals surface area contributed by atoms with Crippen LogP contribution in [0.1, 0.15) is 28.4 Å². The van der Waals surface area contributed by atoms with E-state index >= 15 is 0 Å². The molecule has 0 radical (unpaired) electrons. The van der Waals surface area contributed by atoms with E-state index in [2.05, 4.69) is 48.0 Å². The van der Waals surface area contributed by atoms with E-state index in [0.717, 1.165) is 22.8 Å². The average molecular weight is 473 g/mol. The van der Waals surface area contributed by atoms with Crippen molar-refractivity contribution in [3.05, 3.63) is 83.6 Å². The van der Waals surface area contributed by atoms with Crippen LogP contribution in [-0.2, 0) is 11.3 Å². The highest BCUT2D eigenvalue weighted by Crippen LogP contribution is 2.34. The molecule has 2 amide bonds. The van der Waals surface area contributed by atoms with E-state index in [1.54, 1.807) is 11.1 Å². The molecular formula is C27H28N4O2S. The Labute approximate surface area is 204 Å². The molecular weight excluding hydrogens is 444 g/mol. The zero-order valence-electron chi connectivity index (χ0n) is 19.5. The number of piperazine rings is 1. The quantitative estimate of drug-likeness (QED) is 0.564. The van der Waals surface area contributed by atoms with Crippen LogP contribution < -0.4 is 9.80 Å². The highest BCUT2D eigenvalue weighted by Gasteiger charge is 2.28. The summed E-state index contributed by atoms with van der Waals surface area (Å²) in [7, 11) is 0. The summed E-state index contributed by atoms with van der Waals surface area (Å²) in [5.74, 6) is 0.529. The zero-order valence-corrected chi connectivity index (χ0v) is 20.3. The Morgan fingerprint density at radius 3 is 2.68 bits per heavy atom. The molecule has 2 aliphatic rings. The Balaban J connectivity index is 1.25. The predicted molar refractivity (Wildman–Crippen MR) is 136 cm³/mol. The smallest absolute Gasteiger partial charge is 0.253 e. The normalized spacial score (nSPS) is 18.1. The second kappa shape index (κ2) is 9.50. The summed E-state index contributed by atoms with van der Waals surface area (Å²) in [6.07, 6.45) is 1.75. The molecule has 7 heteroatoms. The number of anilines is 2. The van der Waals surface area contributed by atoms with Crippen LogP contribution in [0.2, 0.25) is 0 Å². The molecule has 0 N–H and O–H groups in total. The lowest BCUT2D eigenvalue weighted by Gasteiger charge is -2.41. The van der Waals surface area contributed by atoms with Gasteiger partial charge in [-0.1, -0.05) is 36.0 Å². The Hall–Kier alpha value is -3.32. The molecule has 1 unspecified atom stereocenters. The highest BCUT2D eigenvalue weighted by atomic mass is 32.2. The number of pyridine rings is 1. The summed E-state index contributed by atoms with van der Waals surface area (Å²) >= 11 is 1.48. The number of hydrogen-bond donors (Lipinski definition) is 0. The van der Waals surface area contributed by atoms with Gasteiger partial charge in [0.15, 0.2) is 0 Å². The maximum atomic E-state index is 13.2. The topological polar surface area (TPSA) is 56.8 Å². The summed E-state index contributed by atoms with van der Waals surface area (Å²) < 4.78 is 0. The summed E-state index contributed by atoms with van der Waals surface area (Å²) in [5.41, 5.74) is 4.98. The second-order valence-electron chi connectivity index (χ2n) is 8.93. The lowest BCUT2D eigenvalue weighted by atomic mass is 10.1. The van der Waals surface area contributed by atoms with Crippen molar-refractivity contribution in [3.8, 4) is 0 Å². The van der Waals surface area contributed by atoms with Crippen LogP contribution in [0.3, 0.4) is 0 Å². The van der Waals surface area contributed by atoms with E-state index < -0.39 is 0 Å². The highest BCUT2D eigenvalue weighted by molar-refractivity contribution is 8.00. The van der Waals surface area contributed by atoms with E-state index in [4.69, 9.17) is 0 Å². The van der Waals surface area contributed by atoms with E-state index in [0.29, 0.717) is 31.0 Å². The van der Waals surface area contributed by atoms with Gasteiger partial charge in [-0.05, 0) is 61.4 Å². The van der Waals surface area contributed by atoms with Gasteiger partial charge in [0.05, 0.1) is 18.0 Å². The summed E-state index contributed by atoms with van der Waals surface area (Å²) in [5, 5.41) is 0.882. The van der Waals surface area contributed by atoms with Gasteiger partial charge < -0.3 is 14.7 Å². The minimum atomic E-state index is 0.0577. The molecule has 174 valence electrons. The summed E-state index contributed by atoms with van der Waals surface area (Å²) in [6, 6.07) is 20.2. The number of hydrogen-bond acceptors (Lipinski definition) is 5. The molecule has 1 saturated heterocycles. The van der Waals surface area contributed by atoms with Crippen LogP contribution >= 0.6 is 11.8 Å². The van der Waals surface area contributed by atoms with Crippen LogP contribution in [0.5, 0.6) is 0 Å². The third-order valence-electron chi connectivity index (χ3n) is 6.46. The third kappa shape index (κ3) is 4.53. The van der Waals surface area contributed by atoms with Crippen LogP contribution in [-0.4, -0.2) is 53.1 Å². The third-order valence-corrected chi connectivity index (χ3v) is 7.44. The molecule has 34 heavy (non-hydrogen) atoms. The SMILES string of the molecule is Cc1cccc(N2CCN(C(=O)c3ccc(CN4C(=O)CSc5ncccc54)cc3)CC2C)c1. The number of carbonyl (C=O) groups excluding carboxylic acids is 2. The summed E-state index contributed by atoms with van der Waals surface area (Å²) in [6.45, 7) is 6.95. The number of benzene rings is 2. The van der Waals surface area contributed by atoms with Crippen LogP contribution in [0, 0.1) is 6.92 Å². The van der Waals surface area contributed by atoms with Crippen molar-refractivity contribution in [3.63, 3.8) is 0 Å². The molecule has 2 aromatic carbocycles. The van der Waals surface area contributed by atoms with Gasteiger partial charge in [-0.15, -0.1) is 0 Å². The van der Waals surface area contributed by atoms with Gasteiger partial charge in [0.25, 0.3) is 5.91 Å². The Bertz CT molecular complexity index is 1210. The van der Waals surface area contributed by atoms with Gasteiger partial charge >= 0.3 is 0 Å². The molecule has 1 aromatic heterocycles. The molecule has 5 rings (SSSR count). The predicted octanol–water partition coefficient (Wildman–Crippen LogP) is 4.38. The molecule has 0 aliphatic carbocycles. The number of fused-ring (bicyclic) bond motifs is 1. The number of aryl methyl sites for hydroxylation is 1. The number of rotatable bonds is 4. The zero-order chi connectivity index (χ0) is 23.7. The van der Waals surface area contributed by atoms with Crippen molar-refractivity contribution in [1.82, 2.24) is 9.88 Å². The molecule has 0 spiro atoms. The lowest BCUT2D eigenvalue weighted by molar-refractivity contribution is -0.116. The van der Waals surface area contributed by atoms with E-state index in [1.165, 1.54) is 23.0 Å². The first-order valence-corrected chi connectivity index (χ1v) is 12.6. The lowest BCUT2D eigenvalue weighted by Crippen LogP contribution is -2.53. The second-order valence-corrected chi connectivity index (χ2v) is 9.89. The number of amides is 2.